The van der Waals surface area contributed by atoms with Gasteiger partial charge in [-0.05, 0) is 55.2 Å². The maximum Gasteiger partial charge on any atom is 0.264 e. The molecule has 0 fully saturated rings. The van der Waals surface area contributed by atoms with Gasteiger partial charge in [0.25, 0.3) is 10.0 Å². The van der Waals surface area contributed by atoms with Crippen molar-refractivity contribution in [3.05, 3.63) is 90.0 Å². The first-order chi connectivity index (χ1) is 16.0. The van der Waals surface area contributed by atoms with E-state index < -0.39 is 10.0 Å². The van der Waals surface area contributed by atoms with Gasteiger partial charge in [0, 0.05) is 25.3 Å². The monoisotopic (exact) mass is 463 g/mol. The zero-order valence-corrected chi connectivity index (χ0v) is 19.6. The maximum absolute atomic E-state index is 13.4. The van der Waals surface area contributed by atoms with Crippen molar-refractivity contribution in [2.24, 2.45) is 0 Å². The number of carbonyl (C=O) groups excluding carboxylic acids is 1. The lowest BCUT2D eigenvalue weighted by Crippen LogP contribution is -2.41. The number of carbonyl (C=O) groups is 1. The van der Waals surface area contributed by atoms with Crippen LogP contribution >= 0.6 is 0 Å². The molecule has 1 aliphatic rings. The van der Waals surface area contributed by atoms with Crippen LogP contribution < -0.4 is 14.5 Å². The molecule has 0 aromatic heterocycles. The molecule has 3 aromatic rings. The summed E-state index contributed by atoms with van der Waals surface area (Å²) in [6.07, 6.45) is 1.83. The van der Waals surface area contributed by atoms with E-state index in [4.69, 9.17) is 0 Å². The van der Waals surface area contributed by atoms with Crippen LogP contribution in [0, 0.1) is 6.92 Å². The molecule has 1 amide bonds. The number of aryl methyl sites for hydroxylation is 1. The van der Waals surface area contributed by atoms with E-state index in [2.05, 4.69) is 28.4 Å². The number of hydrogen-bond acceptors (Lipinski definition) is 4. The summed E-state index contributed by atoms with van der Waals surface area (Å²) in [6, 6.07) is 23.8. The van der Waals surface area contributed by atoms with E-state index in [-0.39, 0.29) is 17.3 Å². The van der Waals surface area contributed by atoms with Crippen molar-refractivity contribution in [1.29, 1.82) is 0 Å². The first-order valence-electron chi connectivity index (χ1n) is 11.2. The minimum Gasteiger partial charge on any atom is -0.371 e. The predicted octanol–water partition coefficient (Wildman–Crippen LogP) is 3.76. The van der Waals surface area contributed by atoms with Crippen LogP contribution in [0.25, 0.3) is 0 Å². The van der Waals surface area contributed by atoms with Gasteiger partial charge in [-0.3, -0.25) is 9.10 Å². The third-order valence-electron chi connectivity index (χ3n) is 5.91. The van der Waals surface area contributed by atoms with Crippen molar-refractivity contribution < 1.29 is 13.2 Å². The molecule has 3 aromatic carbocycles. The lowest BCUT2D eigenvalue weighted by molar-refractivity contribution is -0.119. The number of benzene rings is 3. The summed E-state index contributed by atoms with van der Waals surface area (Å²) in [5.41, 5.74) is 3.92. The molecule has 0 saturated carbocycles. The molecular weight excluding hydrogens is 434 g/mol. The van der Waals surface area contributed by atoms with Crippen molar-refractivity contribution in [3.8, 4) is 0 Å². The van der Waals surface area contributed by atoms with Crippen LogP contribution in [0.15, 0.2) is 83.8 Å². The molecule has 0 unspecified atom stereocenters. The van der Waals surface area contributed by atoms with Crippen LogP contribution in [0.1, 0.15) is 17.5 Å². The van der Waals surface area contributed by atoms with E-state index in [1.54, 1.807) is 42.5 Å². The Morgan fingerprint density at radius 3 is 2.45 bits per heavy atom. The summed E-state index contributed by atoms with van der Waals surface area (Å²) >= 11 is 0. The van der Waals surface area contributed by atoms with Gasteiger partial charge in [-0.15, -0.1) is 0 Å². The predicted molar refractivity (Wildman–Crippen MR) is 132 cm³/mol. The first kappa shape index (κ1) is 22.9. The molecule has 0 atom stereocenters. The Bertz CT molecular complexity index is 1210. The molecule has 0 bridgehead atoms. The highest BCUT2D eigenvalue weighted by molar-refractivity contribution is 7.92. The lowest BCUT2D eigenvalue weighted by atomic mass is 10.2. The summed E-state index contributed by atoms with van der Waals surface area (Å²) in [5, 5.41) is 2.90. The lowest BCUT2D eigenvalue weighted by Gasteiger charge is -2.25. The van der Waals surface area contributed by atoms with E-state index in [1.165, 1.54) is 15.6 Å². The summed E-state index contributed by atoms with van der Waals surface area (Å²) in [6.45, 7) is 3.90. The fourth-order valence-electron chi connectivity index (χ4n) is 4.19. The molecule has 0 saturated heterocycles. The van der Waals surface area contributed by atoms with Crippen molar-refractivity contribution in [1.82, 2.24) is 5.32 Å². The van der Waals surface area contributed by atoms with Gasteiger partial charge in [-0.25, -0.2) is 8.42 Å². The van der Waals surface area contributed by atoms with Crippen molar-refractivity contribution in [3.63, 3.8) is 0 Å². The van der Waals surface area contributed by atoms with Crippen LogP contribution in [-0.2, 0) is 21.2 Å². The van der Waals surface area contributed by atoms with Gasteiger partial charge < -0.3 is 10.2 Å². The van der Waals surface area contributed by atoms with Gasteiger partial charge in [0.2, 0.25) is 5.91 Å². The number of nitrogens with one attached hydrogen (secondary N) is 1. The fraction of sp³-hybridized carbons (Fsp3) is 0.269. The SMILES string of the molecule is Cc1ccccc1N(CC(=O)NCCCN1CCc2ccccc21)S(=O)(=O)c1ccccc1. The van der Waals surface area contributed by atoms with E-state index in [0.29, 0.717) is 12.2 Å². The minimum absolute atomic E-state index is 0.161. The molecule has 7 heteroatoms. The Kier molecular flexibility index (Phi) is 6.99. The molecule has 1 N–H and O–H groups in total. The Labute approximate surface area is 195 Å². The van der Waals surface area contributed by atoms with Gasteiger partial charge in [-0.1, -0.05) is 54.6 Å². The molecule has 33 heavy (non-hydrogen) atoms. The highest BCUT2D eigenvalue weighted by atomic mass is 32.2. The number of amides is 1. The number of fused-ring (bicyclic) bond motifs is 1. The molecule has 1 heterocycles. The standard InChI is InChI=1S/C26H29N3O3S/c1-21-10-5-7-14-24(21)29(33(31,32)23-12-3-2-4-13-23)20-26(30)27-17-9-18-28-19-16-22-11-6-8-15-25(22)28/h2-8,10-15H,9,16-20H2,1H3,(H,27,30). The van der Waals surface area contributed by atoms with Crippen LogP contribution in [0.3, 0.4) is 0 Å². The van der Waals surface area contributed by atoms with Gasteiger partial charge in [0.05, 0.1) is 10.6 Å². The van der Waals surface area contributed by atoms with Gasteiger partial charge in [0.15, 0.2) is 0 Å². The molecule has 172 valence electrons. The normalized spacial score (nSPS) is 12.9. The van der Waals surface area contributed by atoms with Crippen LogP contribution in [0.5, 0.6) is 0 Å². The van der Waals surface area contributed by atoms with Crippen LogP contribution in [0.4, 0.5) is 11.4 Å². The van der Waals surface area contributed by atoms with Gasteiger partial charge in [0.1, 0.15) is 6.54 Å². The number of hydrogen-bond donors (Lipinski definition) is 1. The molecule has 0 aliphatic carbocycles. The van der Waals surface area contributed by atoms with E-state index in [9.17, 15) is 13.2 Å². The quantitative estimate of drug-likeness (QED) is 0.491. The smallest absolute Gasteiger partial charge is 0.264 e. The molecule has 1 aliphatic heterocycles. The van der Waals surface area contributed by atoms with Crippen LogP contribution in [-0.4, -0.2) is 40.5 Å². The summed E-state index contributed by atoms with van der Waals surface area (Å²) in [4.78, 5) is 15.3. The average Bonchev–Trinajstić information content (AvgIpc) is 3.24. The van der Waals surface area contributed by atoms with Gasteiger partial charge in [-0.2, -0.15) is 0 Å². The van der Waals surface area contributed by atoms with E-state index in [1.807, 2.05) is 25.1 Å². The third-order valence-corrected chi connectivity index (χ3v) is 7.69. The number of anilines is 2. The molecule has 6 nitrogen and oxygen atoms in total. The largest absolute Gasteiger partial charge is 0.371 e. The Hall–Kier alpha value is -3.32. The second-order valence-electron chi connectivity index (χ2n) is 8.18. The number of para-hydroxylation sites is 2. The van der Waals surface area contributed by atoms with Crippen LogP contribution in [0.2, 0.25) is 0 Å². The third kappa shape index (κ3) is 5.20. The molecule has 4 rings (SSSR count). The summed E-state index contributed by atoms with van der Waals surface area (Å²) in [5.74, 6) is -0.320. The zero-order valence-electron chi connectivity index (χ0n) is 18.8. The second-order valence-corrected chi connectivity index (χ2v) is 10.0. The van der Waals surface area contributed by atoms with Crippen molar-refractivity contribution in [2.45, 2.75) is 24.7 Å². The molecule has 0 radical (unpaired) electrons. The maximum atomic E-state index is 13.4. The molecule has 0 spiro atoms. The zero-order chi connectivity index (χ0) is 23.3. The number of nitrogens with zero attached hydrogens (tertiary/aromatic N) is 2. The second kappa shape index (κ2) is 10.1. The fourth-order valence-corrected chi connectivity index (χ4v) is 5.69. The number of rotatable bonds is 9. The van der Waals surface area contributed by atoms with E-state index in [0.717, 1.165) is 31.5 Å². The first-order valence-corrected chi connectivity index (χ1v) is 12.6. The van der Waals surface area contributed by atoms with Crippen molar-refractivity contribution >= 4 is 27.3 Å². The van der Waals surface area contributed by atoms with Crippen molar-refractivity contribution in [2.75, 3.05) is 35.4 Å². The molecular formula is C26H29N3O3S. The summed E-state index contributed by atoms with van der Waals surface area (Å²) < 4.78 is 28.0. The highest BCUT2D eigenvalue weighted by Gasteiger charge is 2.28. The topological polar surface area (TPSA) is 69.7 Å². The van der Waals surface area contributed by atoms with E-state index >= 15 is 0 Å². The highest BCUT2D eigenvalue weighted by Crippen LogP contribution is 2.28. The Morgan fingerprint density at radius 1 is 0.970 bits per heavy atom. The Balaban J connectivity index is 1.40. The number of sulfonamides is 1. The van der Waals surface area contributed by atoms with Gasteiger partial charge >= 0.3 is 0 Å². The average molecular weight is 464 g/mol. The minimum atomic E-state index is -3.88. The Morgan fingerprint density at radius 2 is 1.67 bits per heavy atom. The summed E-state index contributed by atoms with van der Waals surface area (Å²) in [7, 11) is -3.88.